The first-order chi connectivity index (χ1) is 46.8. The predicted octanol–water partition coefficient (Wildman–Crippen LogP) is -17.2. The van der Waals surface area contributed by atoms with Crippen molar-refractivity contribution in [1.82, 2.24) is 21.3 Å². The van der Waals surface area contributed by atoms with Gasteiger partial charge in [-0.05, 0) is 0 Å². The maximum Gasteiger partial charge on any atom is 0.217 e. The molecule has 0 aliphatic carbocycles. The van der Waals surface area contributed by atoms with Crippen LogP contribution in [0.2, 0.25) is 0 Å². The molecule has 0 aromatic rings. The summed E-state index contributed by atoms with van der Waals surface area (Å²) in [5, 5.41) is 242. The number of carbonyl (C=O) groups excluding carboxylic acids is 4. The van der Waals surface area contributed by atoms with E-state index < -0.39 is 316 Å². The molecule has 39 atom stereocenters. The molecule has 0 radical (unpaired) electrons. The second-order valence-electron chi connectivity index (χ2n) is 24.9. The third-order valence-electron chi connectivity index (χ3n) is 17.9. The molecule has 8 fully saturated rings. The van der Waals surface area contributed by atoms with Crippen molar-refractivity contribution in [3.05, 3.63) is 0 Å². The maximum absolute atomic E-state index is 13.1. The van der Waals surface area contributed by atoms with E-state index in [9.17, 15) is 126 Å². The highest BCUT2D eigenvalue weighted by molar-refractivity contribution is 5.74. The molecule has 0 spiro atoms. The molecule has 99 heavy (non-hydrogen) atoms. The van der Waals surface area contributed by atoms with E-state index in [0.717, 1.165) is 27.7 Å². The number of aliphatic hydroxyl groups is 21. The molecular weight excluding hydrogens is 1360 g/mol. The van der Waals surface area contributed by atoms with E-state index in [1.807, 2.05) is 0 Å². The fourth-order valence-electron chi connectivity index (χ4n) is 12.7. The lowest BCUT2D eigenvalue weighted by Gasteiger charge is -2.52. The highest BCUT2D eigenvalue weighted by Crippen LogP contribution is 2.40. The molecule has 8 saturated heterocycles. The largest absolute Gasteiger partial charge is 0.394 e. The van der Waals surface area contributed by atoms with Gasteiger partial charge in [0.1, 0.15) is 189 Å². The van der Waals surface area contributed by atoms with Gasteiger partial charge in [-0.1, -0.05) is 0 Å². The summed E-state index contributed by atoms with van der Waals surface area (Å²) in [6.45, 7) is -4.45. The predicted molar refractivity (Wildman–Crippen MR) is 305 cm³/mol. The van der Waals surface area contributed by atoms with E-state index in [2.05, 4.69) is 21.3 Å². The lowest BCUT2D eigenvalue weighted by Crippen LogP contribution is -2.71. The lowest BCUT2D eigenvalue weighted by molar-refractivity contribution is -0.411. The van der Waals surface area contributed by atoms with Gasteiger partial charge in [-0.2, -0.15) is 0 Å². The van der Waals surface area contributed by atoms with E-state index >= 15 is 0 Å². The number of carbonyl (C=O) groups is 4. The van der Waals surface area contributed by atoms with Gasteiger partial charge in [0.25, 0.3) is 0 Å². The fraction of sp³-hybridized carbons (Fsp3) is 0.927. The molecule has 8 rings (SSSR count). The quantitative estimate of drug-likeness (QED) is 0.0404. The van der Waals surface area contributed by atoms with Crippen LogP contribution >= 0.6 is 0 Å². The Kier molecular flexibility index (Phi) is 29.1. The van der Waals surface area contributed by atoms with E-state index in [-0.39, 0.29) is 0 Å². The molecular formula is C55H92N4O40. The van der Waals surface area contributed by atoms with Crippen LogP contribution in [0.4, 0.5) is 0 Å². The van der Waals surface area contributed by atoms with Crippen LogP contribution in [0.1, 0.15) is 27.7 Å². The van der Waals surface area contributed by atoms with Crippen molar-refractivity contribution in [1.29, 1.82) is 0 Å². The smallest absolute Gasteiger partial charge is 0.217 e. The van der Waals surface area contributed by atoms with Gasteiger partial charge in [-0.25, -0.2) is 0 Å². The minimum Gasteiger partial charge on any atom is -0.394 e. The van der Waals surface area contributed by atoms with Gasteiger partial charge < -0.3 is 200 Å². The second kappa shape index (κ2) is 35.5. The molecule has 0 aromatic carbocycles. The summed E-state index contributed by atoms with van der Waals surface area (Å²) in [6, 6.07) is -7.11. The number of hydrogen-bond donors (Lipinski definition) is 25. The van der Waals surface area contributed by atoms with E-state index in [4.69, 9.17) is 71.1 Å². The highest BCUT2D eigenvalue weighted by atomic mass is 16.8. The number of rotatable bonds is 25. The van der Waals surface area contributed by atoms with Crippen molar-refractivity contribution in [2.45, 2.75) is 267 Å². The van der Waals surface area contributed by atoms with Gasteiger partial charge in [0.05, 0.1) is 52.9 Å². The van der Waals surface area contributed by atoms with Crippen LogP contribution in [0.25, 0.3) is 0 Å². The SMILES string of the molecule is CC(=O)N[C@@H]1[C@@H](O)[C@H](O[C@@H]2O[C@H](CO)[C@@H](O[C@@H]3O[C@H](CO[C@H]4O[C@H](CO)[C@@H](O)[C@H](O)[C@@H]4O[C@@H]4O[C@H](CO)[C@@H](O)[C@H](O)[C@H]4NC(C)=O)[C@@H](O)[C@H](O[C@H]4O[C@H](CO)[C@@H](O)[C@H](O)[C@@H]4O[C@@H]4O[C@H](CO)[C@@H](O)[C@H](O)[C@H]4NC(C)=O)[C@@H]3O[C@@H]3OC[C@@H](O)[C@H](O)[C@H]3O)[C@H](O)[C@H]2NC(C)=O)[C@@H](CO)O[C@@H]1O. The minimum atomic E-state index is -2.46. The Balaban J connectivity index is 1.23. The van der Waals surface area contributed by atoms with E-state index in [0.29, 0.717) is 0 Å². The second-order valence-corrected chi connectivity index (χ2v) is 24.9. The molecule has 4 amide bonds. The lowest BCUT2D eigenvalue weighted by atomic mass is 9.93. The minimum absolute atomic E-state index is 0.781. The van der Waals surface area contributed by atoms with Crippen LogP contribution in [0.3, 0.4) is 0 Å². The zero-order valence-corrected chi connectivity index (χ0v) is 53.3. The third-order valence-corrected chi connectivity index (χ3v) is 17.9. The summed E-state index contributed by atoms with van der Waals surface area (Å²) >= 11 is 0. The maximum atomic E-state index is 13.1. The van der Waals surface area contributed by atoms with Crippen LogP contribution in [-0.2, 0) is 90.2 Å². The Labute approximate surface area is 561 Å². The van der Waals surface area contributed by atoms with Crippen molar-refractivity contribution >= 4 is 23.6 Å². The first kappa shape index (κ1) is 81.1. The Morgan fingerprint density at radius 1 is 0.303 bits per heavy atom. The van der Waals surface area contributed by atoms with Crippen LogP contribution in [0, 0.1) is 0 Å². The summed E-state index contributed by atoms with van der Waals surface area (Å²) in [6.07, 6.45) is -72.6. The zero-order valence-electron chi connectivity index (χ0n) is 53.3. The average molecular weight is 1450 g/mol. The summed E-state index contributed by atoms with van der Waals surface area (Å²) in [7, 11) is 0. The number of hydrogen-bond acceptors (Lipinski definition) is 40. The standard InChI is InChI=1S/C55H92N4O40/c1-13(66)56-25-37(79)42(22(9-64)87-48(25)84)94-51-28(59-16(4)69)38(80)43(23(10-65)92-51)95-55-47(99-52-41(83)29(71)17(70)11-85-52)44(96-54-46(40(82)33(75)21(8-63)91-54)98-50-27(58-15(3)68)36(78)31(73)19(6-61)89-50)34(76)24(93-55)12-86-53-45(39(81)32(74)20(7-62)90-53)97-49-26(57-14(2)67)35(77)30(72)18(5-60)88-49/h17-55,60-65,70-84H,5-12H2,1-4H3,(H,56,66)(H,57,67)(H,58,68)(H,59,69)/t17-,18-,19-,20-,21-,22-,23-,24-,25-,26-,27-,28-,29+,30-,31-,32-,33-,34-,35-,36-,37-,38-,39+,40+,41-,42-,43-,44+,45+,46+,47+,48+,49+,50+,51+,52+,53+,54-,55+/m1/s1. The van der Waals surface area contributed by atoms with Crippen LogP contribution in [0.5, 0.6) is 0 Å². The molecule has 8 aliphatic heterocycles. The Bertz CT molecular complexity index is 2590. The van der Waals surface area contributed by atoms with Gasteiger partial charge in [0.2, 0.25) is 23.6 Å². The van der Waals surface area contributed by atoms with Gasteiger partial charge in [-0.3, -0.25) is 19.2 Å². The van der Waals surface area contributed by atoms with Gasteiger partial charge >= 0.3 is 0 Å². The van der Waals surface area contributed by atoms with Crippen molar-refractivity contribution in [3.8, 4) is 0 Å². The average Bonchev–Trinajstić information content (AvgIpc) is 0.769. The molecule has 8 heterocycles. The Morgan fingerprint density at radius 3 is 1.08 bits per heavy atom. The van der Waals surface area contributed by atoms with Gasteiger partial charge in [-0.15, -0.1) is 0 Å². The first-order valence-electron chi connectivity index (χ1n) is 31.5. The summed E-state index contributed by atoms with van der Waals surface area (Å²) < 4.78 is 90.2. The van der Waals surface area contributed by atoms with Crippen molar-refractivity contribution in [2.24, 2.45) is 0 Å². The molecule has 0 unspecified atom stereocenters. The number of aliphatic hydroxyl groups excluding tert-OH is 21. The molecule has 0 bridgehead atoms. The first-order valence-corrected chi connectivity index (χ1v) is 31.5. The zero-order chi connectivity index (χ0) is 72.9. The fourth-order valence-corrected chi connectivity index (χ4v) is 12.7. The van der Waals surface area contributed by atoms with E-state index in [1.165, 1.54) is 0 Å². The third kappa shape index (κ3) is 18.2. The summed E-state index contributed by atoms with van der Waals surface area (Å²) in [5.74, 6) is -3.43. The van der Waals surface area contributed by atoms with Crippen LogP contribution in [0.15, 0.2) is 0 Å². The van der Waals surface area contributed by atoms with Gasteiger partial charge in [0.15, 0.2) is 50.3 Å². The number of nitrogens with one attached hydrogen (secondary N) is 4. The normalized spacial score (nSPS) is 48.3. The molecule has 0 saturated carbocycles. The molecule has 44 heteroatoms. The Hall–Kier alpha value is -3.56. The molecule has 44 nitrogen and oxygen atoms in total. The molecule has 572 valence electrons. The molecule has 8 aliphatic rings. The molecule has 25 N–H and O–H groups in total. The van der Waals surface area contributed by atoms with Gasteiger partial charge in [0, 0.05) is 27.7 Å². The number of ether oxygens (including phenoxy) is 15. The molecule has 0 aromatic heterocycles. The Morgan fingerprint density at radius 2 is 0.626 bits per heavy atom. The highest BCUT2D eigenvalue weighted by Gasteiger charge is 2.60. The monoisotopic (exact) mass is 1450 g/mol. The van der Waals surface area contributed by atoms with Crippen LogP contribution in [-0.4, -0.2) is 423 Å². The number of amides is 4. The van der Waals surface area contributed by atoms with E-state index in [1.54, 1.807) is 0 Å². The summed E-state index contributed by atoms with van der Waals surface area (Å²) in [5.41, 5.74) is 0. The van der Waals surface area contributed by atoms with Crippen molar-refractivity contribution < 1.29 is 197 Å². The van der Waals surface area contributed by atoms with Crippen LogP contribution < -0.4 is 21.3 Å². The van der Waals surface area contributed by atoms with Crippen molar-refractivity contribution in [2.75, 3.05) is 52.9 Å². The topological polar surface area (TPSA) is 680 Å². The summed E-state index contributed by atoms with van der Waals surface area (Å²) in [4.78, 5) is 50.2. The van der Waals surface area contributed by atoms with Crippen molar-refractivity contribution in [3.63, 3.8) is 0 Å².